The van der Waals surface area contributed by atoms with Crippen LogP contribution in [0.15, 0.2) is 158 Å². The SMILES string of the molecule is CC/C=C\C/C=C\C/C=C\C/C=C\C/C=C\C/C=C\CCC(=O)OC(COC(=O)CCCCCCCC/C=C\C/C=C\C/C=C\C/C=C\CC)COP(=O)(O)OCC(CO)OC(=O)CCCCCCC/C=C\C/C=C\C/C=C\CC. The van der Waals surface area contributed by atoms with Gasteiger partial charge in [-0.3, -0.25) is 23.4 Å². The Bertz CT molecular complexity index is 1950. The molecule has 2 N–H and O–H groups in total. The molecule has 0 aromatic rings. The first-order valence-electron chi connectivity index (χ1n) is 30.4. The number of rotatable bonds is 54. The molecule has 0 spiro atoms. The lowest BCUT2D eigenvalue weighted by molar-refractivity contribution is -0.161. The molecule has 450 valence electrons. The summed E-state index contributed by atoms with van der Waals surface area (Å²) < 4.78 is 39.5. The van der Waals surface area contributed by atoms with Crippen molar-refractivity contribution < 1.29 is 52.2 Å². The number of carbonyl (C=O) groups excluding carboxylic acids is 3. The normalized spacial score (nSPS) is 14.4. The zero-order valence-corrected chi connectivity index (χ0v) is 50.6. The Balaban J connectivity index is 4.89. The molecule has 0 saturated heterocycles. The maximum Gasteiger partial charge on any atom is 0.472 e. The van der Waals surface area contributed by atoms with Crippen LogP contribution in [0, 0.1) is 0 Å². The lowest BCUT2D eigenvalue weighted by atomic mass is 10.1. The Morgan fingerprint density at radius 3 is 1.01 bits per heavy atom. The fourth-order valence-electron chi connectivity index (χ4n) is 7.45. The highest BCUT2D eigenvalue weighted by molar-refractivity contribution is 7.47. The molecule has 0 aliphatic rings. The van der Waals surface area contributed by atoms with Gasteiger partial charge in [-0.1, -0.05) is 224 Å². The zero-order valence-electron chi connectivity index (χ0n) is 49.7. The number of allylic oxidation sites excluding steroid dienone is 26. The van der Waals surface area contributed by atoms with Crippen molar-refractivity contribution >= 4 is 25.7 Å². The second-order valence-corrected chi connectivity index (χ2v) is 20.8. The molecule has 0 radical (unpaired) electrons. The summed E-state index contributed by atoms with van der Waals surface area (Å²) in [6.45, 7) is 4.17. The molecule has 0 saturated carbocycles. The Kier molecular flexibility index (Phi) is 56.5. The summed E-state index contributed by atoms with van der Waals surface area (Å²) in [7, 11) is -4.79. The van der Waals surface area contributed by atoms with Crippen molar-refractivity contribution in [2.45, 2.75) is 226 Å². The van der Waals surface area contributed by atoms with E-state index in [1.54, 1.807) is 0 Å². The van der Waals surface area contributed by atoms with Crippen LogP contribution in [0.1, 0.15) is 213 Å². The minimum absolute atomic E-state index is 0.0284. The third-order valence-electron chi connectivity index (χ3n) is 11.9. The van der Waals surface area contributed by atoms with Gasteiger partial charge in [0.25, 0.3) is 0 Å². The highest BCUT2D eigenvalue weighted by Crippen LogP contribution is 2.43. The van der Waals surface area contributed by atoms with Crippen LogP contribution in [0.25, 0.3) is 0 Å². The number of esters is 3. The van der Waals surface area contributed by atoms with E-state index < -0.39 is 57.8 Å². The van der Waals surface area contributed by atoms with Gasteiger partial charge in [-0.05, 0) is 128 Å². The Morgan fingerprint density at radius 1 is 0.350 bits per heavy atom. The van der Waals surface area contributed by atoms with Gasteiger partial charge in [0.2, 0.25) is 0 Å². The van der Waals surface area contributed by atoms with E-state index in [2.05, 4.69) is 167 Å². The van der Waals surface area contributed by atoms with Gasteiger partial charge in [0.05, 0.1) is 19.8 Å². The summed E-state index contributed by atoms with van der Waals surface area (Å²) in [5.74, 6) is -1.62. The number of unbranched alkanes of at least 4 members (excludes halogenated alkanes) is 11. The van der Waals surface area contributed by atoms with Gasteiger partial charge in [0.15, 0.2) is 6.10 Å². The van der Waals surface area contributed by atoms with Gasteiger partial charge in [-0.2, -0.15) is 0 Å². The third-order valence-corrected chi connectivity index (χ3v) is 12.9. The van der Waals surface area contributed by atoms with Crippen LogP contribution in [0.5, 0.6) is 0 Å². The molecule has 3 unspecified atom stereocenters. The van der Waals surface area contributed by atoms with Crippen molar-refractivity contribution in [1.82, 2.24) is 0 Å². The van der Waals surface area contributed by atoms with E-state index in [1.165, 1.54) is 0 Å². The molecule has 0 fully saturated rings. The second kappa shape index (κ2) is 60.2. The number of ether oxygens (including phenoxy) is 3. The summed E-state index contributed by atoms with van der Waals surface area (Å²) in [6, 6.07) is 0. The molecule has 80 heavy (non-hydrogen) atoms. The Morgan fingerprint density at radius 2 is 0.637 bits per heavy atom. The molecule has 3 atom stereocenters. The van der Waals surface area contributed by atoms with Crippen molar-refractivity contribution in [1.29, 1.82) is 0 Å². The van der Waals surface area contributed by atoms with E-state index >= 15 is 0 Å². The predicted molar refractivity (Wildman–Crippen MR) is 334 cm³/mol. The molecule has 11 nitrogen and oxygen atoms in total. The first-order chi connectivity index (χ1) is 39.2. The lowest BCUT2D eigenvalue weighted by Gasteiger charge is -2.21. The molecule has 0 bridgehead atoms. The second-order valence-electron chi connectivity index (χ2n) is 19.4. The molecule has 0 rings (SSSR count). The summed E-state index contributed by atoms with van der Waals surface area (Å²) in [5.41, 5.74) is 0. The van der Waals surface area contributed by atoms with E-state index in [1.807, 2.05) is 12.2 Å². The van der Waals surface area contributed by atoms with Crippen molar-refractivity contribution in [3.63, 3.8) is 0 Å². The quantitative estimate of drug-likeness (QED) is 0.0197. The molecule has 0 aromatic carbocycles. The van der Waals surface area contributed by atoms with Crippen LogP contribution >= 0.6 is 7.82 Å². The molecule has 0 aliphatic heterocycles. The van der Waals surface area contributed by atoms with Crippen LogP contribution in [-0.4, -0.2) is 66.5 Å². The van der Waals surface area contributed by atoms with E-state index in [-0.39, 0.29) is 25.9 Å². The van der Waals surface area contributed by atoms with E-state index in [0.717, 1.165) is 148 Å². The molecular weight excluding hydrogens is 1020 g/mol. The van der Waals surface area contributed by atoms with Gasteiger partial charge in [-0.15, -0.1) is 0 Å². The van der Waals surface area contributed by atoms with Crippen molar-refractivity contribution in [2.75, 3.05) is 26.4 Å². The van der Waals surface area contributed by atoms with Gasteiger partial charge in [0.1, 0.15) is 12.7 Å². The predicted octanol–water partition coefficient (Wildman–Crippen LogP) is 18.5. The highest BCUT2D eigenvalue weighted by Gasteiger charge is 2.28. The van der Waals surface area contributed by atoms with Gasteiger partial charge >= 0.3 is 25.7 Å². The third kappa shape index (κ3) is 57.8. The fraction of sp³-hybridized carbons (Fsp3) is 0.574. The zero-order chi connectivity index (χ0) is 58.3. The number of phosphoric ester groups is 1. The number of hydrogen-bond donors (Lipinski definition) is 2. The molecule has 0 aliphatic carbocycles. The van der Waals surface area contributed by atoms with Crippen molar-refractivity contribution in [2.24, 2.45) is 0 Å². The molecule has 0 aromatic heterocycles. The largest absolute Gasteiger partial charge is 0.472 e. The van der Waals surface area contributed by atoms with Gasteiger partial charge in [0, 0.05) is 19.3 Å². The van der Waals surface area contributed by atoms with Crippen LogP contribution in [0.2, 0.25) is 0 Å². The Labute approximate surface area is 485 Å². The number of aliphatic hydroxyl groups excluding tert-OH is 1. The minimum Gasteiger partial charge on any atom is -0.462 e. The average Bonchev–Trinajstić information content (AvgIpc) is 3.45. The van der Waals surface area contributed by atoms with E-state index in [4.69, 9.17) is 23.3 Å². The minimum atomic E-state index is -4.79. The van der Waals surface area contributed by atoms with Gasteiger partial charge in [-0.25, -0.2) is 4.57 Å². The smallest absolute Gasteiger partial charge is 0.462 e. The summed E-state index contributed by atoms with van der Waals surface area (Å²) in [4.78, 5) is 48.6. The maximum atomic E-state index is 12.9. The van der Waals surface area contributed by atoms with E-state index in [0.29, 0.717) is 25.7 Å². The first-order valence-corrected chi connectivity index (χ1v) is 31.9. The molecular formula is C68H107O11P. The summed E-state index contributed by atoms with van der Waals surface area (Å²) in [6.07, 6.45) is 79.2. The lowest BCUT2D eigenvalue weighted by Crippen LogP contribution is -2.30. The van der Waals surface area contributed by atoms with Crippen molar-refractivity contribution in [3.05, 3.63) is 158 Å². The number of phosphoric acid groups is 1. The topological polar surface area (TPSA) is 155 Å². The van der Waals surface area contributed by atoms with Crippen LogP contribution in [-0.2, 0) is 42.2 Å². The molecule has 0 amide bonds. The first kappa shape index (κ1) is 75.1. The van der Waals surface area contributed by atoms with Crippen LogP contribution in [0.3, 0.4) is 0 Å². The molecule has 0 heterocycles. The van der Waals surface area contributed by atoms with E-state index in [9.17, 15) is 28.9 Å². The fourth-order valence-corrected chi connectivity index (χ4v) is 8.23. The standard InChI is InChI=1S/C68H107O11P/c1-4-7-10-13-16-19-22-25-28-30-32-34-37-39-42-45-48-51-54-57-66(70)75-61-65(79-68(72)59-56-53-50-47-44-41-38-35-33-31-29-26-23-20-17-14-11-8-5-2)63-77-80(73,74)76-62-64(60-69)78-67(71)58-55-52-49-46-43-40-36-27-24-21-18-15-12-9-6-3/h7-12,16-21,25-29,32-36,41,44,50,53,64-65,69H,4-6,13-15,22-24,30-31,37-40,42-43,45-49,51-52,54-63H2,1-3H3,(H,73,74)/b10-7-,11-8-,12-9-,19-16-,20-17-,21-18-,28-25-,29-26-,34-32-,35-33-,36-27-,44-41-,53-50-. The summed E-state index contributed by atoms with van der Waals surface area (Å²) >= 11 is 0. The maximum absolute atomic E-state index is 12.9. The highest BCUT2D eigenvalue weighted by atomic mass is 31.2. The number of aliphatic hydroxyl groups is 1. The Hall–Kier alpha value is -4.90. The number of carbonyl (C=O) groups is 3. The van der Waals surface area contributed by atoms with Gasteiger partial charge < -0.3 is 24.2 Å². The van der Waals surface area contributed by atoms with Crippen molar-refractivity contribution in [3.8, 4) is 0 Å². The van der Waals surface area contributed by atoms with Crippen LogP contribution in [0.4, 0.5) is 0 Å². The number of hydrogen-bond acceptors (Lipinski definition) is 10. The van der Waals surface area contributed by atoms with Crippen LogP contribution < -0.4 is 0 Å². The summed E-state index contributed by atoms with van der Waals surface area (Å²) in [5, 5.41) is 9.83. The molecule has 12 heteroatoms. The monoisotopic (exact) mass is 1130 g/mol. The average molecular weight is 1130 g/mol.